The highest BCUT2D eigenvalue weighted by Crippen LogP contribution is 2.24. The van der Waals surface area contributed by atoms with Crippen molar-refractivity contribution < 1.29 is 0 Å². The Balaban J connectivity index is 2.50. The largest absolute Gasteiger partial charge is 0.315 e. The number of hydrogen-bond donors (Lipinski definition) is 1. The number of likely N-dealkylation sites (tertiary alicyclic amines) is 1. The van der Waals surface area contributed by atoms with E-state index in [2.05, 4.69) is 44.8 Å². The van der Waals surface area contributed by atoms with Crippen molar-refractivity contribution in [3.05, 3.63) is 0 Å². The molecule has 1 fully saturated rings. The molecule has 1 saturated heterocycles. The van der Waals surface area contributed by atoms with Gasteiger partial charge in [-0.2, -0.15) is 0 Å². The van der Waals surface area contributed by atoms with Crippen LogP contribution in [0.2, 0.25) is 0 Å². The van der Waals surface area contributed by atoms with Gasteiger partial charge in [-0.15, -0.1) is 0 Å². The number of piperidine rings is 1. The van der Waals surface area contributed by atoms with Crippen molar-refractivity contribution in [1.29, 1.82) is 0 Å². The standard InChI is InChI=1S/C15H32N2/c1-6-7-16-9-15(12(2)3)17-10-13(4)8-14(5)11-17/h12-16H,6-11H2,1-5H3. The van der Waals surface area contributed by atoms with Crippen molar-refractivity contribution in [3.63, 3.8) is 0 Å². The van der Waals surface area contributed by atoms with E-state index in [0.29, 0.717) is 6.04 Å². The van der Waals surface area contributed by atoms with Gasteiger partial charge in [0.2, 0.25) is 0 Å². The zero-order valence-electron chi connectivity index (χ0n) is 12.5. The second-order valence-corrected chi connectivity index (χ2v) is 6.42. The molecule has 0 spiro atoms. The van der Waals surface area contributed by atoms with E-state index in [4.69, 9.17) is 0 Å². The molecule has 0 aromatic heterocycles. The normalized spacial score (nSPS) is 28.6. The summed E-state index contributed by atoms with van der Waals surface area (Å²) in [6.45, 7) is 16.7. The maximum Gasteiger partial charge on any atom is 0.0243 e. The smallest absolute Gasteiger partial charge is 0.0243 e. The number of nitrogens with zero attached hydrogens (tertiary/aromatic N) is 1. The van der Waals surface area contributed by atoms with Gasteiger partial charge in [0, 0.05) is 25.7 Å². The highest BCUT2D eigenvalue weighted by atomic mass is 15.2. The summed E-state index contributed by atoms with van der Waals surface area (Å²) >= 11 is 0. The van der Waals surface area contributed by atoms with E-state index in [-0.39, 0.29) is 0 Å². The molecule has 0 aromatic carbocycles. The summed E-state index contributed by atoms with van der Waals surface area (Å²) in [5, 5.41) is 3.60. The molecular formula is C15H32N2. The predicted octanol–water partition coefficient (Wildman–Crippen LogP) is 2.99. The van der Waals surface area contributed by atoms with Crippen molar-refractivity contribution in [1.82, 2.24) is 10.2 Å². The van der Waals surface area contributed by atoms with Crippen molar-refractivity contribution in [3.8, 4) is 0 Å². The molecule has 0 aromatic rings. The molecule has 17 heavy (non-hydrogen) atoms. The van der Waals surface area contributed by atoms with Crippen LogP contribution >= 0.6 is 0 Å². The average Bonchev–Trinajstić information content (AvgIpc) is 2.22. The first-order chi connectivity index (χ1) is 8.04. The number of hydrogen-bond acceptors (Lipinski definition) is 2. The molecule has 1 heterocycles. The minimum absolute atomic E-state index is 0.715. The van der Waals surface area contributed by atoms with Crippen LogP contribution in [0.3, 0.4) is 0 Å². The molecule has 3 unspecified atom stereocenters. The van der Waals surface area contributed by atoms with Gasteiger partial charge < -0.3 is 5.32 Å². The zero-order chi connectivity index (χ0) is 12.8. The molecule has 0 amide bonds. The highest BCUT2D eigenvalue weighted by molar-refractivity contribution is 4.83. The minimum atomic E-state index is 0.715. The number of rotatable bonds is 6. The van der Waals surface area contributed by atoms with E-state index in [9.17, 15) is 0 Å². The van der Waals surface area contributed by atoms with Gasteiger partial charge in [0.1, 0.15) is 0 Å². The van der Waals surface area contributed by atoms with E-state index in [1.807, 2.05) is 0 Å². The van der Waals surface area contributed by atoms with Gasteiger partial charge in [0.25, 0.3) is 0 Å². The molecule has 2 nitrogen and oxygen atoms in total. The third-order valence-corrected chi connectivity index (χ3v) is 3.92. The summed E-state index contributed by atoms with van der Waals surface area (Å²) < 4.78 is 0. The van der Waals surface area contributed by atoms with Crippen LogP contribution in [0.25, 0.3) is 0 Å². The van der Waals surface area contributed by atoms with Crippen LogP contribution in [0.1, 0.15) is 47.5 Å². The molecule has 0 radical (unpaired) electrons. The second-order valence-electron chi connectivity index (χ2n) is 6.42. The predicted molar refractivity (Wildman–Crippen MR) is 76.3 cm³/mol. The first-order valence-corrected chi connectivity index (χ1v) is 7.49. The lowest BCUT2D eigenvalue weighted by Crippen LogP contribution is -2.51. The zero-order valence-corrected chi connectivity index (χ0v) is 12.5. The third-order valence-electron chi connectivity index (χ3n) is 3.92. The van der Waals surface area contributed by atoms with Crippen molar-refractivity contribution in [2.45, 2.75) is 53.5 Å². The van der Waals surface area contributed by atoms with Crippen LogP contribution < -0.4 is 5.32 Å². The van der Waals surface area contributed by atoms with Crippen molar-refractivity contribution in [2.24, 2.45) is 17.8 Å². The summed E-state index contributed by atoms with van der Waals surface area (Å²) in [6, 6.07) is 0.715. The summed E-state index contributed by atoms with van der Waals surface area (Å²) in [5.41, 5.74) is 0. The Morgan fingerprint density at radius 1 is 1.18 bits per heavy atom. The van der Waals surface area contributed by atoms with Gasteiger partial charge in [0.15, 0.2) is 0 Å². The molecule has 0 aliphatic carbocycles. The fourth-order valence-electron chi connectivity index (χ4n) is 3.20. The van der Waals surface area contributed by atoms with E-state index in [1.54, 1.807) is 0 Å². The van der Waals surface area contributed by atoms with Crippen LogP contribution in [0.4, 0.5) is 0 Å². The van der Waals surface area contributed by atoms with Crippen LogP contribution in [-0.4, -0.2) is 37.1 Å². The molecule has 1 rings (SSSR count). The Morgan fingerprint density at radius 3 is 2.24 bits per heavy atom. The van der Waals surface area contributed by atoms with Gasteiger partial charge >= 0.3 is 0 Å². The van der Waals surface area contributed by atoms with Gasteiger partial charge in [-0.1, -0.05) is 34.6 Å². The molecule has 2 heteroatoms. The summed E-state index contributed by atoms with van der Waals surface area (Å²) in [5.74, 6) is 2.48. The quantitative estimate of drug-likeness (QED) is 0.718. The molecule has 1 N–H and O–H groups in total. The summed E-state index contributed by atoms with van der Waals surface area (Å²) in [7, 11) is 0. The fraction of sp³-hybridized carbons (Fsp3) is 1.00. The Bertz CT molecular complexity index is 193. The molecule has 1 aliphatic rings. The second kappa shape index (κ2) is 7.38. The lowest BCUT2D eigenvalue weighted by Gasteiger charge is -2.42. The first kappa shape index (κ1) is 15.0. The molecule has 3 atom stereocenters. The number of nitrogens with one attached hydrogen (secondary N) is 1. The van der Waals surface area contributed by atoms with Crippen molar-refractivity contribution in [2.75, 3.05) is 26.2 Å². The van der Waals surface area contributed by atoms with E-state index < -0.39 is 0 Å². The first-order valence-electron chi connectivity index (χ1n) is 7.49. The monoisotopic (exact) mass is 240 g/mol. The molecular weight excluding hydrogens is 208 g/mol. The Morgan fingerprint density at radius 2 is 1.76 bits per heavy atom. The van der Waals surface area contributed by atoms with E-state index >= 15 is 0 Å². The lowest BCUT2D eigenvalue weighted by molar-refractivity contribution is 0.0723. The average molecular weight is 240 g/mol. The maximum absolute atomic E-state index is 3.60. The van der Waals surface area contributed by atoms with E-state index in [1.165, 1.54) is 25.9 Å². The van der Waals surface area contributed by atoms with Gasteiger partial charge in [-0.25, -0.2) is 0 Å². The Labute approximate surface area is 108 Å². The van der Waals surface area contributed by atoms with Gasteiger partial charge in [0.05, 0.1) is 0 Å². The lowest BCUT2D eigenvalue weighted by atomic mass is 9.89. The Kier molecular flexibility index (Phi) is 6.50. The van der Waals surface area contributed by atoms with E-state index in [0.717, 1.165) is 30.8 Å². The van der Waals surface area contributed by atoms with Crippen LogP contribution in [0.15, 0.2) is 0 Å². The fourth-order valence-corrected chi connectivity index (χ4v) is 3.20. The van der Waals surface area contributed by atoms with Crippen LogP contribution in [0.5, 0.6) is 0 Å². The minimum Gasteiger partial charge on any atom is -0.315 e. The molecule has 1 aliphatic heterocycles. The van der Waals surface area contributed by atoms with Gasteiger partial charge in [-0.3, -0.25) is 4.90 Å². The Hall–Kier alpha value is -0.0800. The van der Waals surface area contributed by atoms with Crippen molar-refractivity contribution >= 4 is 0 Å². The SMILES string of the molecule is CCCNCC(C(C)C)N1CC(C)CC(C)C1. The summed E-state index contributed by atoms with van der Waals surface area (Å²) in [4.78, 5) is 2.73. The molecule has 0 bridgehead atoms. The summed E-state index contributed by atoms with van der Waals surface area (Å²) in [6.07, 6.45) is 2.64. The molecule has 102 valence electrons. The maximum atomic E-state index is 3.60. The highest BCUT2D eigenvalue weighted by Gasteiger charge is 2.28. The third kappa shape index (κ3) is 4.97. The van der Waals surface area contributed by atoms with Crippen LogP contribution in [-0.2, 0) is 0 Å². The molecule has 0 saturated carbocycles. The topological polar surface area (TPSA) is 15.3 Å². The van der Waals surface area contributed by atoms with Gasteiger partial charge in [-0.05, 0) is 37.1 Å². The van der Waals surface area contributed by atoms with Crippen LogP contribution in [0, 0.1) is 17.8 Å².